The van der Waals surface area contributed by atoms with E-state index in [4.69, 9.17) is 9.47 Å². The van der Waals surface area contributed by atoms with E-state index in [1.54, 1.807) is 6.07 Å². The standard InChI is InChI=1S/C12H14BrFO2/c13-11-7-10(14)5-4-9(11)8-16-12-3-1-2-6-15-12/h4-5,7,12H,1-3,6,8H2/t12-/m0/s1. The molecule has 0 unspecified atom stereocenters. The molecule has 0 aromatic heterocycles. The van der Waals surface area contributed by atoms with Crippen LogP contribution >= 0.6 is 15.9 Å². The van der Waals surface area contributed by atoms with Gasteiger partial charge < -0.3 is 9.47 Å². The molecule has 2 rings (SSSR count). The van der Waals surface area contributed by atoms with Gasteiger partial charge in [-0.15, -0.1) is 0 Å². The average Bonchev–Trinajstić information content (AvgIpc) is 2.29. The Hall–Kier alpha value is -0.450. The molecule has 0 N–H and O–H groups in total. The molecule has 1 aromatic rings. The highest BCUT2D eigenvalue weighted by Crippen LogP contribution is 2.21. The summed E-state index contributed by atoms with van der Waals surface area (Å²) in [6.45, 7) is 1.22. The molecular weight excluding hydrogens is 275 g/mol. The minimum absolute atomic E-state index is 0.106. The second-order valence-corrected chi connectivity index (χ2v) is 4.70. The van der Waals surface area contributed by atoms with Crippen molar-refractivity contribution < 1.29 is 13.9 Å². The molecule has 1 saturated heterocycles. The number of halogens is 2. The minimum Gasteiger partial charge on any atom is -0.353 e. The van der Waals surface area contributed by atoms with Crippen molar-refractivity contribution in [3.8, 4) is 0 Å². The van der Waals surface area contributed by atoms with Crippen LogP contribution in [-0.4, -0.2) is 12.9 Å². The van der Waals surface area contributed by atoms with E-state index in [-0.39, 0.29) is 12.1 Å². The molecule has 0 spiro atoms. The molecule has 1 aliphatic heterocycles. The average molecular weight is 289 g/mol. The van der Waals surface area contributed by atoms with Gasteiger partial charge in [-0.25, -0.2) is 4.39 Å². The first-order valence-electron chi connectivity index (χ1n) is 5.43. The van der Waals surface area contributed by atoms with E-state index in [1.165, 1.54) is 12.1 Å². The molecule has 88 valence electrons. The zero-order chi connectivity index (χ0) is 11.4. The van der Waals surface area contributed by atoms with E-state index < -0.39 is 0 Å². The summed E-state index contributed by atoms with van der Waals surface area (Å²) in [5.41, 5.74) is 0.940. The van der Waals surface area contributed by atoms with Crippen LogP contribution in [0.3, 0.4) is 0 Å². The fraction of sp³-hybridized carbons (Fsp3) is 0.500. The lowest BCUT2D eigenvalue weighted by atomic mass is 10.2. The molecule has 0 bridgehead atoms. The van der Waals surface area contributed by atoms with Crippen LogP contribution in [0.5, 0.6) is 0 Å². The lowest BCUT2D eigenvalue weighted by Gasteiger charge is -2.22. The van der Waals surface area contributed by atoms with Crippen LogP contribution in [0.25, 0.3) is 0 Å². The van der Waals surface area contributed by atoms with Gasteiger partial charge in [0.2, 0.25) is 0 Å². The SMILES string of the molecule is Fc1ccc(CO[C@H]2CCCCO2)c(Br)c1. The van der Waals surface area contributed by atoms with Gasteiger partial charge in [0.25, 0.3) is 0 Å². The molecule has 16 heavy (non-hydrogen) atoms. The van der Waals surface area contributed by atoms with E-state index in [1.807, 2.05) is 0 Å². The van der Waals surface area contributed by atoms with Crippen LogP contribution in [0.2, 0.25) is 0 Å². The van der Waals surface area contributed by atoms with Crippen LogP contribution in [0.1, 0.15) is 24.8 Å². The Bertz CT molecular complexity index is 351. The fourth-order valence-electron chi connectivity index (χ4n) is 1.66. The Morgan fingerprint density at radius 2 is 2.31 bits per heavy atom. The maximum atomic E-state index is 12.8. The third-order valence-corrected chi connectivity index (χ3v) is 3.32. The topological polar surface area (TPSA) is 18.5 Å². The van der Waals surface area contributed by atoms with Gasteiger partial charge in [-0.2, -0.15) is 0 Å². The van der Waals surface area contributed by atoms with Crippen molar-refractivity contribution in [2.45, 2.75) is 32.2 Å². The smallest absolute Gasteiger partial charge is 0.158 e. The number of benzene rings is 1. The first kappa shape index (κ1) is 12.0. The van der Waals surface area contributed by atoms with Crippen molar-refractivity contribution in [1.82, 2.24) is 0 Å². The summed E-state index contributed by atoms with van der Waals surface area (Å²) in [4.78, 5) is 0. The Labute approximate surface area is 103 Å². The molecule has 1 fully saturated rings. The van der Waals surface area contributed by atoms with Gasteiger partial charge in [0.15, 0.2) is 6.29 Å². The van der Waals surface area contributed by atoms with Crippen molar-refractivity contribution in [2.75, 3.05) is 6.61 Å². The molecular formula is C12H14BrFO2. The summed E-state index contributed by atoms with van der Waals surface area (Å²) in [6.07, 6.45) is 3.10. The molecule has 2 nitrogen and oxygen atoms in total. The van der Waals surface area contributed by atoms with Gasteiger partial charge in [-0.05, 0) is 37.0 Å². The van der Waals surface area contributed by atoms with Gasteiger partial charge in [0.1, 0.15) is 5.82 Å². The lowest BCUT2D eigenvalue weighted by Crippen LogP contribution is -2.22. The van der Waals surface area contributed by atoms with Gasteiger partial charge in [0.05, 0.1) is 6.61 Å². The van der Waals surface area contributed by atoms with Crippen LogP contribution in [0, 0.1) is 5.82 Å². The third-order valence-electron chi connectivity index (χ3n) is 2.58. The Morgan fingerprint density at radius 1 is 1.44 bits per heavy atom. The summed E-state index contributed by atoms with van der Waals surface area (Å²) in [7, 11) is 0. The minimum atomic E-state index is -0.246. The maximum absolute atomic E-state index is 12.8. The van der Waals surface area contributed by atoms with Crippen molar-refractivity contribution in [3.05, 3.63) is 34.1 Å². The Balaban J connectivity index is 1.88. The second-order valence-electron chi connectivity index (χ2n) is 3.84. The van der Waals surface area contributed by atoms with Crippen molar-refractivity contribution in [3.63, 3.8) is 0 Å². The van der Waals surface area contributed by atoms with Crippen LogP contribution in [0.4, 0.5) is 4.39 Å². The molecule has 1 aromatic carbocycles. The van der Waals surface area contributed by atoms with Gasteiger partial charge in [0, 0.05) is 11.1 Å². The molecule has 0 amide bonds. The fourth-order valence-corrected chi connectivity index (χ4v) is 2.13. The summed E-state index contributed by atoms with van der Waals surface area (Å²) < 4.78 is 24.7. The van der Waals surface area contributed by atoms with Gasteiger partial charge in [-0.3, -0.25) is 0 Å². The van der Waals surface area contributed by atoms with E-state index in [2.05, 4.69) is 15.9 Å². The van der Waals surface area contributed by atoms with Crippen LogP contribution in [0.15, 0.2) is 22.7 Å². The highest BCUT2D eigenvalue weighted by atomic mass is 79.9. The monoisotopic (exact) mass is 288 g/mol. The van der Waals surface area contributed by atoms with Crippen LogP contribution < -0.4 is 0 Å². The summed E-state index contributed by atoms with van der Waals surface area (Å²) in [6, 6.07) is 4.61. The summed E-state index contributed by atoms with van der Waals surface area (Å²) >= 11 is 3.31. The molecule has 0 saturated carbocycles. The number of rotatable bonds is 3. The van der Waals surface area contributed by atoms with Crippen molar-refractivity contribution in [2.24, 2.45) is 0 Å². The van der Waals surface area contributed by atoms with Gasteiger partial charge in [-0.1, -0.05) is 22.0 Å². The third kappa shape index (κ3) is 3.27. The highest BCUT2D eigenvalue weighted by molar-refractivity contribution is 9.10. The molecule has 1 atom stereocenters. The van der Waals surface area contributed by atoms with E-state index in [9.17, 15) is 4.39 Å². The first-order chi connectivity index (χ1) is 7.75. The Kier molecular flexibility index (Phi) is 4.32. The zero-order valence-corrected chi connectivity index (χ0v) is 10.5. The normalized spacial score (nSPS) is 21.0. The largest absolute Gasteiger partial charge is 0.353 e. The summed E-state index contributed by atoms with van der Waals surface area (Å²) in [5, 5.41) is 0. The first-order valence-corrected chi connectivity index (χ1v) is 6.22. The highest BCUT2D eigenvalue weighted by Gasteiger charge is 2.14. The Morgan fingerprint density at radius 3 is 3.00 bits per heavy atom. The number of hydrogen-bond acceptors (Lipinski definition) is 2. The maximum Gasteiger partial charge on any atom is 0.158 e. The van der Waals surface area contributed by atoms with E-state index in [0.717, 1.165) is 35.9 Å². The van der Waals surface area contributed by atoms with Gasteiger partial charge >= 0.3 is 0 Å². The predicted molar refractivity (Wildman–Crippen MR) is 62.5 cm³/mol. The molecule has 4 heteroatoms. The van der Waals surface area contributed by atoms with E-state index >= 15 is 0 Å². The zero-order valence-electron chi connectivity index (χ0n) is 8.92. The lowest BCUT2D eigenvalue weighted by molar-refractivity contribution is -0.169. The van der Waals surface area contributed by atoms with Crippen molar-refractivity contribution in [1.29, 1.82) is 0 Å². The van der Waals surface area contributed by atoms with Crippen LogP contribution in [-0.2, 0) is 16.1 Å². The van der Waals surface area contributed by atoms with Crippen molar-refractivity contribution >= 4 is 15.9 Å². The predicted octanol–water partition coefficient (Wildman–Crippen LogP) is 3.63. The quantitative estimate of drug-likeness (QED) is 0.846. The second kappa shape index (κ2) is 5.75. The molecule has 0 radical (unpaired) electrons. The number of hydrogen-bond donors (Lipinski definition) is 0. The molecule has 0 aliphatic carbocycles. The summed E-state index contributed by atoms with van der Waals surface area (Å²) in [5.74, 6) is -0.246. The number of ether oxygens (including phenoxy) is 2. The molecule has 1 aliphatic rings. The molecule has 1 heterocycles. The van der Waals surface area contributed by atoms with E-state index in [0.29, 0.717) is 6.61 Å².